The van der Waals surface area contributed by atoms with Crippen LogP contribution in [0.2, 0.25) is 0 Å². The first-order chi connectivity index (χ1) is 8.97. The van der Waals surface area contributed by atoms with Crippen LogP contribution in [0.1, 0.15) is 29.7 Å². The fourth-order valence-electron chi connectivity index (χ4n) is 1.95. The van der Waals surface area contributed by atoms with Crippen molar-refractivity contribution in [3.63, 3.8) is 0 Å². The van der Waals surface area contributed by atoms with Gasteiger partial charge >= 0.3 is 0 Å². The van der Waals surface area contributed by atoms with E-state index >= 15 is 0 Å². The second-order valence-electron chi connectivity index (χ2n) is 4.84. The summed E-state index contributed by atoms with van der Waals surface area (Å²) in [5.74, 6) is -0.253. The molecule has 1 unspecified atom stereocenters. The fourth-order valence-corrected chi connectivity index (χ4v) is 2.20. The quantitative estimate of drug-likeness (QED) is 0.800. The minimum absolute atomic E-state index is 0.139. The van der Waals surface area contributed by atoms with Crippen molar-refractivity contribution in [2.24, 2.45) is 0 Å². The molecule has 2 aromatic carbocycles. The van der Waals surface area contributed by atoms with E-state index < -0.39 is 0 Å². The van der Waals surface area contributed by atoms with E-state index in [1.54, 1.807) is 6.07 Å². The predicted molar refractivity (Wildman–Crippen MR) is 82.1 cm³/mol. The molecule has 0 saturated heterocycles. The minimum Gasteiger partial charge on any atom is -0.378 e. The van der Waals surface area contributed by atoms with Gasteiger partial charge in [-0.25, -0.2) is 4.39 Å². The summed E-state index contributed by atoms with van der Waals surface area (Å²) < 4.78 is 13.9. The predicted octanol–water partition coefficient (Wildman–Crippen LogP) is 5.38. The van der Waals surface area contributed by atoms with Crippen LogP contribution in [0.4, 0.5) is 10.1 Å². The molecule has 0 fully saturated rings. The third-order valence-corrected chi connectivity index (χ3v) is 3.98. The van der Waals surface area contributed by atoms with Gasteiger partial charge in [0.1, 0.15) is 5.82 Å². The van der Waals surface area contributed by atoms with Crippen molar-refractivity contribution >= 4 is 21.6 Å². The summed E-state index contributed by atoms with van der Waals surface area (Å²) in [5, 5.41) is 3.31. The van der Waals surface area contributed by atoms with Gasteiger partial charge in [0.05, 0.1) is 4.47 Å². The van der Waals surface area contributed by atoms with E-state index in [1.807, 2.05) is 6.07 Å². The largest absolute Gasteiger partial charge is 0.378 e. The third kappa shape index (κ3) is 3.35. The number of hydrogen-bond donors (Lipinski definition) is 1. The molecule has 19 heavy (non-hydrogen) atoms. The van der Waals surface area contributed by atoms with Crippen molar-refractivity contribution in [3.05, 3.63) is 63.4 Å². The first-order valence-corrected chi connectivity index (χ1v) is 7.05. The van der Waals surface area contributed by atoms with E-state index in [-0.39, 0.29) is 11.9 Å². The molecular weight excluding hydrogens is 305 g/mol. The van der Waals surface area contributed by atoms with E-state index in [9.17, 15) is 4.39 Å². The molecule has 1 nitrogen and oxygen atoms in total. The van der Waals surface area contributed by atoms with Crippen LogP contribution < -0.4 is 5.32 Å². The van der Waals surface area contributed by atoms with Gasteiger partial charge in [0.2, 0.25) is 0 Å². The van der Waals surface area contributed by atoms with Gasteiger partial charge in [-0.1, -0.05) is 18.2 Å². The lowest BCUT2D eigenvalue weighted by atomic mass is 10.0. The Balaban J connectivity index is 2.17. The molecular formula is C16H17BrFN. The van der Waals surface area contributed by atoms with Crippen LogP contribution >= 0.6 is 15.9 Å². The zero-order chi connectivity index (χ0) is 14.0. The van der Waals surface area contributed by atoms with Crippen LogP contribution in [0.5, 0.6) is 0 Å². The van der Waals surface area contributed by atoms with Crippen LogP contribution in [0.25, 0.3) is 0 Å². The average Bonchev–Trinajstić information content (AvgIpc) is 2.37. The molecule has 0 heterocycles. The Morgan fingerprint density at radius 2 is 1.79 bits per heavy atom. The Morgan fingerprint density at radius 3 is 2.42 bits per heavy atom. The molecule has 2 rings (SSSR count). The second kappa shape index (κ2) is 5.74. The van der Waals surface area contributed by atoms with Crippen LogP contribution in [-0.2, 0) is 0 Å². The van der Waals surface area contributed by atoms with E-state index in [0.717, 1.165) is 5.69 Å². The molecule has 2 aromatic rings. The van der Waals surface area contributed by atoms with E-state index in [1.165, 1.54) is 22.8 Å². The molecule has 3 heteroatoms. The molecule has 0 bridgehead atoms. The van der Waals surface area contributed by atoms with Crippen LogP contribution in [0.3, 0.4) is 0 Å². The number of benzene rings is 2. The highest BCUT2D eigenvalue weighted by molar-refractivity contribution is 9.10. The summed E-state index contributed by atoms with van der Waals surface area (Å²) in [5.41, 5.74) is 4.54. The second-order valence-corrected chi connectivity index (χ2v) is 5.69. The number of aryl methyl sites for hydroxylation is 2. The molecule has 1 atom stereocenters. The smallest absolute Gasteiger partial charge is 0.139 e. The van der Waals surface area contributed by atoms with Gasteiger partial charge in [-0.05, 0) is 71.6 Å². The van der Waals surface area contributed by atoms with Crippen molar-refractivity contribution in [1.29, 1.82) is 0 Å². The highest BCUT2D eigenvalue weighted by Gasteiger charge is 2.08. The first-order valence-electron chi connectivity index (χ1n) is 6.26. The Kier molecular flexibility index (Phi) is 4.25. The summed E-state index contributed by atoms with van der Waals surface area (Å²) in [6.07, 6.45) is 0. The van der Waals surface area contributed by atoms with Gasteiger partial charge in [-0.15, -0.1) is 0 Å². The van der Waals surface area contributed by atoms with Gasteiger partial charge in [-0.3, -0.25) is 0 Å². The first kappa shape index (κ1) is 14.1. The zero-order valence-corrected chi connectivity index (χ0v) is 12.9. The summed E-state index contributed by atoms with van der Waals surface area (Å²) in [4.78, 5) is 0. The number of nitrogens with one attached hydrogen (secondary N) is 1. The van der Waals surface area contributed by atoms with Crippen molar-refractivity contribution in [1.82, 2.24) is 0 Å². The van der Waals surface area contributed by atoms with Crippen LogP contribution in [0.15, 0.2) is 40.9 Å². The molecule has 0 amide bonds. The van der Waals surface area contributed by atoms with Crippen LogP contribution in [-0.4, -0.2) is 0 Å². The lowest BCUT2D eigenvalue weighted by Gasteiger charge is -2.17. The molecule has 0 spiro atoms. The Hall–Kier alpha value is -1.35. The zero-order valence-electron chi connectivity index (χ0n) is 11.3. The number of hydrogen-bond acceptors (Lipinski definition) is 1. The molecule has 0 aliphatic heterocycles. The Bertz CT molecular complexity index is 595. The lowest BCUT2D eigenvalue weighted by Crippen LogP contribution is -2.07. The van der Waals surface area contributed by atoms with E-state index in [4.69, 9.17) is 0 Å². The average molecular weight is 322 g/mol. The van der Waals surface area contributed by atoms with Crippen molar-refractivity contribution in [2.45, 2.75) is 26.8 Å². The maximum Gasteiger partial charge on any atom is 0.139 e. The molecule has 0 radical (unpaired) electrons. The SMILES string of the molecule is Cc1ccc(C(C)Nc2ccc(Br)c(F)c2)cc1C. The fraction of sp³-hybridized carbons (Fsp3) is 0.250. The molecule has 100 valence electrons. The van der Waals surface area contributed by atoms with Gasteiger partial charge in [0.15, 0.2) is 0 Å². The van der Waals surface area contributed by atoms with E-state index in [0.29, 0.717) is 4.47 Å². The minimum atomic E-state index is -0.253. The third-order valence-electron chi connectivity index (χ3n) is 3.33. The molecule has 1 N–H and O–H groups in total. The Labute approximate surface area is 122 Å². The highest BCUT2D eigenvalue weighted by atomic mass is 79.9. The number of rotatable bonds is 3. The lowest BCUT2D eigenvalue weighted by molar-refractivity contribution is 0.621. The standard InChI is InChI=1S/C16H17BrFN/c1-10-4-5-13(8-11(10)2)12(3)19-14-6-7-15(17)16(18)9-14/h4-9,12,19H,1-3H3. The number of halogens is 2. The molecule has 0 aliphatic carbocycles. The van der Waals surface area contributed by atoms with Gasteiger partial charge in [-0.2, -0.15) is 0 Å². The Morgan fingerprint density at radius 1 is 1.05 bits per heavy atom. The van der Waals surface area contributed by atoms with Crippen molar-refractivity contribution in [3.8, 4) is 0 Å². The van der Waals surface area contributed by atoms with Gasteiger partial charge < -0.3 is 5.32 Å². The summed E-state index contributed by atoms with van der Waals surface area (Å²) in [7, 11) is 0. The van der Waals surface area contributed by atoms with Gasteiger partial charge in [0, 0.05) is 11.7 Å². The topological polar surface area (TPSA) is 12.0 Å². The monoisotopic (exact) mass is 321 g/mol. The maximum atomic E-state index is 13.5. The molecule has 0 aromatic heterocycles. The summed E-state index contributed by atoms with van der Waals surface area (Å²) in [6, 6.07) is 11.6. The number of anilines is 1. The van der Waals surface area contributed by atoms with E-state index in [2.05, 4.69) is 60.2 Å². The highest BCUT2D eigenvalue weighted by Crippen LogP contribution is 2.24. The van der Waals surface area contributed by atoms with Crippen molar-refractivity contribution in [2.75, 3.05) is 5.32 Å². The molecule has 0 saturated carbocycles. The van der Waals surface area contributed by atoms with Crippen LogP contribution in [0, 0.1) is 19.7 Å². The van der Waals surface area contributed by atoms with Crippen molar-refractivity contribution < 1.29 is 4.39 Å². The van der Waals surface area contributed by atoms with Gasteiger partial charge in [0.25, 0.3) is 0 Å². The summed E-state index contributed by atoms with van der Waals surface area (Å²) >= 11 is 3.16. The summed E-state index contributed by atoms with van der Waals surface area (Å²) in [6.45, 7) is 6.27. The molecule has 0 aliphatic rings. The maximum absolute atomic E-state index is 13.5. The normalized spacial score (nSPS) is 12.3.